The van der Waals surface area contributed by atoms with Crippen LogP contribution in [0.15, 0.2) is 48.5 Å². The molecule has 2 N–H and O–H groups in total. The van der Waals surface area contributed by atoms with Crippen molar-refractivity contribution in [3.05, 3.63) is 71.0 Å². The van der Waals surface area contributed by atoms with Gasteiger partial charge in [0.2, 0.25) is 5.91 Å². The molecule has 1 aliphatic rings. The van der Waals surface area contributed by atoms with Crippen LogP contribution in [0.1, 0.15) is 21.5 Å². The summed E-state index contributed by atoms with van der Waals surface area (Å²) in [4.78, 5) is 24.2. The lowest BCUT2D eigenvalue weighted by Gasteiger charge is -2.24. The maximum absolute atomic E-state index is 13.5. The third-order valence-corrected chi connectivity index (χ3v) is 3.72. The fourth-order valence-corrected chi connectivity index (χ4v) is 2.53. The van der Waals surface area contributed by atoms with Crippen LogP contribution in [0.25, 0.3) is 0 Å². The molecule has 0 aromatic heterocycles. The minimum absolute atomic E-state index is 0.0967. The van der Waals surface area contributed by atoms with E-state index < -0.39 is 6.04 Å². The van der Waals surface area contributed by atoms with Crippen molar-refractivity contribution < 1.29 is 14.0 Å². The molecule has 0 saturated carbocycles. The molecular weight excluding hydrogens is 283 g/mol. The number of carbonyl (C=O) groups excluding carboxylic acids is 2. The maximum atomic E-state index is 13.5. The van der Waals surface area contributed by atoms with Crippen molar-refractivity contribution in [3.63, 3.8) is 0 Å². The van der Waals surface area contributed by atoms with Crippen molar-refractivity contribution in [1.29, 1.82) is 0 Å². The molecule has 2 amide bonds. The maximum Gasteiger partial charge on any atom is 0.252 e. The van der Waals surface area contributed by atoms with Gasteiger partial charge in [-0.05, 0) is 17.7 Å². The minimum Gasteiger partial charge on any atom is -0.350 e. The summed E-state index contributed by atoms with van der Waals surface area (Å²) in [5, 5.41) is 5.35. The van der Waals surface area contributed by atoms with E-state index in [0.717, 1.165) is 5.56 Å². The SMILES string of the molecule is O=C1NC(C(=O)NCc2ccccc2F)Cc2ccccc21. The number of rotatable bonds is 3. The standard InChI is InChI=1S/C17H15FN2O2/c18-14-8-4-2-6-12(14)10-19-17(22)15-9-11-5-1-3-7-13(11)16(21)20-15/h1-8,15H,9-10H2,(H,19,22)(H,20,21). The predicted molar refractivity (Wildman–Crippen MR) is 79.6 cm³/mol. The Morgan fingerprint density at radius 2 is 1.91 bits per heavy atom. The minimum atomic E-state index is -0.630. The summed E-state index contributed by atoms with van der Waals surface area (Å²) in [6.45, 7) is 0.0967. The fourth-order valence-electron chi connectivity index (χ4n) is 2.53. The third-order valence-electron chi connectivity index (χ3n) is 3.72. The van der Waals surface area contributed by atoms with Crippen LogP contribution in [-0.4, -0.2) is 17.9 Å². The number of hydrogen-bond donors (Lipinski definition) is 2. The molecule has 0 spiro atoms. The third kappa shape index (κ3) is 2.83. The Balaban J connectivity index is 1.67. The van der Waals surface area contributed by atoms with Gasteiger partial charge in [-0.3, -0.25) is 9.59 Å². The van der Waals surface area contributed by atoms with E-state index in [2.05, 4.69) is 10.6 Å². The molecule has 0 aliphatic carbocycles. The van der Waals surface area contributed by atoms with Crippen LogP contribution in [0.4, 0.5) is 4.39 Å². The molecule has 2 aromatic carbocycles. The fraction of sp³-hybridized carbons (Fsp3) is 0.176. The lowest BCUT2D eigenvalue weighted by Crippen LogP contribution is -2.50. The highest BCUT2D eigenvalue weighted by molar-refractivity contribution is 6.00. The molecule has 2 aromatic rings. The van der Waals surface area contributed by atoms with Crippen LogP contribution < -0.4 is 10.6 Å². The van der Waals surface area contributed by atoms with Crippen LogP contribution in [0, 0.1) is 5.82 Å². The van der Waals surface area contributed by atoms with E-state index in [0.29, 0.717) is 17.5 Å². The highest BCUT2D eigenvalue weighted by atomic mass is 19.1. The van der Waals surface area contributed by atoms with Gasteiger partial charge < -0.3 is 10.6 Å². The smallest absolute Gasteiger partial charge is 0.252 e. The second-order valence-electron chi connectivity index (χ2n) is 5.20. The van der Waals surface area contributed by atoms with E-state index in [-0.39, 0.29) is 24.2 Å². The van der Waals surface area contributed by atoms with Gasteiger partial charge in [-0.25, -0.2) is 4.39 Å². The molecular formula is C17H15FN2O2. The van der Waals surface area contributed by atoms with E-state index in [9.17, 15) is 14.0 Å². The average Bonchev–Trinajstić information content (AvgIpc) is 2.54. The van der Waals surface area contributed by atoms with Gasteiger partial charge in [0.05, 0.1) is 0 Å². The molecule has 0 radical (unpaired) electrons. The summed E-state index contributed by atoms with van der Waals surface area (Å²) in [5.74, 6) is -0.931. The summed E-state index contributed by atoms with van der Waals surface area (Å²) in [6, 6.07) is 12.8. The van der Waals surface area contributed by atoms with E-state index in [1.807, 2.05) is 12.1 Å². The Kier molecular flexibility index (Phi) is 3.87. The van der Waals surface area contributed by atoms with Gasteiger partial charge in [0.15, 0.2) is 0 Å². The summed E-state index contributed by atoms with van der Waals surface area (Å²) >= 11 is 0. The Bertz CT molecular complexity index is 730. The predicted octanol–water partition coefficient (Wildman–Crippen LogP) is 1.80. The second kappa shape index (κ2) is 5.97. The molecule has 1 atom stereocenters. The summed E-state index contributed by atoms with van der Waals surface area (Å²) < 4.78 is 13.5. The molecule has 3 rings (SSSR count). The van der Waals surface area contributed by atoms with Crippen molar-refractivity contribution in [3.8, 4) is 0 Å². The number of fused-ring (bicyclic) bond motifs is 1. The largest absolute Gasteiger partial charge is 0.350 e. The number of nitrogens with one attached hydrogen (secondary N) is 2. The van der Waals surface area contributed by atoms with Crippen LogP contribution in [0.2, 0.25) is 0 Å². The molecule has 5 heteroatoms. The first-order valence-corrected chi connectivity index (χ1v) is 7.05. The van der Waals surface area contributed by atoms with Crippen molar-refractivity contribution >= 4 is 11.8 Å². The normalized spacial score (nSPS) is 16.6. The van der Waals surface area contributed by atoms with Crippen molar-refractivity contribution in [2.45, 2.75) is 19.0 Å². The van der Waals surface area contributed by atoms with E-state index in [4.69, 9.17) is 0 Å². The monoisotopic (exact) mass is 298 g/mol. The quantitative estimate of drug-likeness (QED) is 0.908. The molecule has 22 heavy (non-hydrogen) atoms. The number of hydrogen-bond acceptors (Lipinski definition) is 2. The van der Waals surface area contributed by atoms with Gasteiger partial charge in [0.25, 0.3) is 5.91 Å². The van der Waals surface area contributed by atoms with Gasteiger partial charge in [0, 0.05) is 24.1 Å². The van der Waals surface area contributed by atoms with Gasteiger partial charge in [-0.15, -0.1) is 0 Å². The molecule has 1 aliphatic heterocycles. The van der Waals surface area contributed by atoms with Crippen molar-refractivity contribution in [2.75, 3.05) is 0 Å². The van der Waals surface area contributed by atoms with Gasteiger partial charge >= 0.3 is 0 Å². The first-order chi connectivity index (χ1) is 10.6. The average molecular weight is 298 g/mol. The first kappa shape index (κ1) is 14.3. The molecule has 1 heterocycles. The van der Waals surface area contributed by atoms with Crippen LogP contribution in [0.3, 0.4) is 0 Å². The van der Waals surface area contributed by atoms with Crippen LogP contribution >= 0.6 is 0 Å². The highest BCUT2D eigenvalue weighted by Gasteiger charge is 2.28. The van der Waals surface area contributed by atoms with Gasteiger partial charge in [-0.1, -0.05) is 36.4 Å². The van der Waals surface area contributed by atoms with Crippen LogP contribution in [0.5, 0.6) is 0 Å². The molecule has 0 fully saturated rings. The number of benzene rings is 2. The molecule has 1 unspecified atom stereocenters. The summed E-state index contributed by atoms with van der Waals surface area (Å²) in [6.07, 6.45) is 0.436. The lowest BCUT2D eigenvalue weighted by atomic mass is 9.95. The molecule has 112 valence electrons. The Morgan fingerprint density at radius 3 is 2.73 bits per heavy atom. The van der Waals surface area contributed by atoms with Crippen LogP contribution in [-0.2, 0) is 17.8 Å². The zero-order valence-electron chi connectivity index (χ0n) is 11.8. The highest BCUT2D eigenvalue weighted by Crippen LogP contribution is 2.16. The lowest BCUT2D eigenvalue weighted by molar-refractivity contribution is -0.123. The number of amides is 2. The van der Waals surface area contributed by atoms with Crippen molar-refractivity contribution in [2.24, 2.45) is 0 Å². The Morgan fingerprint density at radius 1 is 1.18 bits per heavy atom. The van der Waals surface area contributed by atoms with Gasteiger partial charge in [0.1, 0.15) is 11.9 Å². The van der Waals surface area contributed by atoms with Gasteiger partial charge in [-0.2, -0.15) is 0 Å². The molecule has 0 bridgehead atoms. The molecule has 4 nitrogen and oxygen atoms in total. The van der Waals surface area contributed by atoms with E-state index in [1.54, 1.807) is 30.3 Å². The summed E-state index contributed by atoms with van der Waals surface area (Å²) in [5.41, 5.74) is 1.86. The van der Waals surface area contributed by atoms with E-state index in [1.165, 1.54) is 6.07 Å². The second-order valence-corrected chi connectivity index (χ2v) is 5.20. The topological polar surface area (TPSA) is 58.2 Å². The number of halogens is 1. The summed E-state index contributed by atoms with van der Waals surface area (Å²) in [7, 11) is 0. The zero-order chi connectivity index (χ0) is 15.5. The van der Waals surface area contributed by atoms with Crippen molar-refractivity contribution in [1.82, 2.24) is 10.6 Å². The number of carbonyl (C=O) groups is 2. The molecule has 0 saturated heterocycles. The van der Waals surface area contributed by atoms with E-state index >= 15 is 0 Å². The first-order valence-electron chi connectivity index (χ1n) is 7.05. The zero-order valence-corrected chi connectivity index (χ0v) is 11.8. The Hall–Kier alpha value is -2.69. The Labute approximate surface area is 127 Å².